The molecule has 0 spiro atoms. The van der Waals surface area contributed by atoms with E-state index in [9.17, 15) is 5.11 Å². The molecule has 2 aromatic carbocycles. The Kier molecular flexibility index (Phi) is 7.78. The summed E-state index contributed by atoms with van der Waals surface area (Å²) < 4.78 is 11.3. The van der Waals surface area contributed by atoms with E-state index in [1.54, 1.807) is 0 Å². The second-order valence-corrected chi connectivity index (χ2v) is 9.29. The minimum Gasteiger partial charge on any atom is -0.486 e. The highest BCUT2D eigenvalue weighted by Crippen LogP contribution is 2.33. The standard InChI is InChI=1S/C25H32N2O3S/c1-19(11-16-31-21-7-3-2-4-8-21)26-22(18-27-12-5-6-13-27)25(28)20-9-10-23-24(17-20)30-15-14-29-23/h2-4,7-10,17,22,25-26,28H,1,5-6,11-16,18H2/t22-,25-/m1/s1. The van der Waals surface area contributed by atoms with Crippen molar-refractivity contribution < 1.29 is 14.6 Å². The normalized spacial score (nSPS) is 17.8. The average Bonchev–Trinajstić information content (AvgIpc) is 3.32. The largest absolute Gasteiger partial charge is 0.486 e. The van der Waals surface area contributed by atoms with Gasteiger partial charge >= 0.3 is 0 Å². The van der Waals surface area contributed by atoms with Gasteiger partial charge in [0.1, 0.15) is 19.3 Å². The molecule has 1 fully saturated rings. The molecule has 0 saturated carbocycles. The van der Waals surface area contributed by atoms with Crippen LogP contribution in [0.25, 0.3) is 0 Å². The fourth-order valence-corrected chi connectivity index (χ4v) is 5.02. The molecule has 2 aliphatic rings. The topological polar surface area (TPSA) is 54.0 Å². The van der Waals surface area contributed by atoms with Gasteiger partial charge in [-0.15, -0.1) is 11.8 Å². The number of aliphatic hydroxyl groups excluding tert-OH is 1. The number of nitrogens with zero attached hydrogens (tertiary/aromatic N) is 1. The lowest BCUT2D eigenvalue weighted by Gasteiger charge is -2.31. The molecule has 0 aromatic heterocycles. The molecule has 2 aliphatic heterocycles. The van der Waals surface area contributed by atoms with Crippen LogP contribution < -0.4 is 14.8 Å². The lowest BCUT2D eigenvalue weighted by Crippen LogP contribution is -2.43. The highest BCUT2D eigenvalue weighted by molar-refractivity contribution is 7.99. The minimum absolute atomic E-state index is 0.130. The molecule has 2 atom stereocenters. The number of likely N-dealkylation sites (tertiary alicyclic amines) is 1. The van der Waals surface area contributed by atoms with Crippen LogP contribution in [0.15, 0.2) is 65.7 Å². The van der Waals surface area contributed by atoms with Gasteiger partial charge in [-0.1, -0.05) is 30.8 Å². The van der Waals surface area contributed by atoms with Gasteiger partial charge in [0.2, 0.25) is 0 Å². The van der Waals surface area contributed by atoms with Crippen LogP contribution in [0.1, 0.15) is 30.9 Å². The third kappa shape index (κ3) is 6.19. The first-order valence-electron chi connectivity index (χ1n) is 11.1. The second kappa shape index (κ2) is 10.9. The first kappa shape index (κ1) is 22.1. The quantitative estimate of drug-likeness (QED) is 0.539. The molecule has 5 nitrogen and oxygen atoms in total. The van der Waals surface area contributed by atoms with Crippen LogP contribution in [-0.4, -0.2) is 54.6 Å². The SMILES string of the molecule is C=C(CCSc1ccccc1)N[C@H](CN1CCCC1)[C@H](O)c1ccc2c(c1)OCCO2. The minimum atomic E-state index is -0.657. The molecule has 166 valence electrons. The Morgan fingerprint density at radius 1 is 1.06 bits per heavy atom. The number of benzene rings is 2. The van der Waals surface area contributed by atoms with Crippen molar-refractivity contribution in [2.45, 2.75) is 36.3 Å². The van der Waals surface area contributed by atoms with Gasteiger partial charge < -0.3 is 24.8 Å². The van der Waals surface area contributed by atoms with Gasteiger partial charge in [-0.2, -0.15) is 0 Å². The van der Waals surface area contributed by atoms with E-state index in [2.05, 4.69) is 41.1 Å². The summed E-state index contributed by atoms with van der Waals surface area (Å²) in [6.07, 6.45) is 2.64. The first-order valence-corrected chi connectivity index (χ1v) is 12.1. The van der Waals surface area contributed by atoms with Crippen molar-refractivity contribution in [1.29, 1.82) is 0 Å². The highest BCUT2D eigenvalue weighted by atomic mass is 32.2. The Labute approximate surface area is 189 Å². The lowest BCUT2D eigenvalue weighted by atomic mass is 10.0. The van der Waals surface area contributed by atoms with Crippen molar-refractivity contribution in [2.24, 2.45) is 0 Å². The molecule has 2 heterocycles. The van der Waals surface area contributed by atoms with Crippen LogP contribution in [0.3, 0.4) is 0 Å². The Morgan fingerprint density at radius 3 is 2.58 bits per heavy atom. The number of thioether (sulfide) groups is 1. The van der Waals surface area contributed by atoms with Crippen LogP contribution in [0.5, 0.6) is 11.5 Å². The van der Waals surface area contributed by atoms with Crippen LogP contribution in [0.4, 0.5) is 0 Å². The molecule has 2 aromatic rings. The molecule has 1 saturated heterocycles. The Balaban J connectivity index is 1.39. The summed E-state index contributed by atoms with van der Waals surface area (Å²) in [5.74, 6) is 2.40. The maximum Gasteiger partial charge on any atom is 0.161 e. The van der Waals surface area contributed by atoms with Gasteiger partial charge in [0.15, 0.2) is 11.5 Å². The van der Waals surface area contributed by atoms with Gasteiger partial charge in [0, 0.05) is 22.9 Å². The summed E-state index contributed by atoms with van der Waals surface area (Å²) in [7, 11) is 0. The van der Waals surface area contributed by atoms with E-state index in [0.29, 0.717) is 19.0 Å². The van der Waals surface area contributed by atoms with E-state index in [1.165, 1.54) is 17.7 Å². The second-order valence-electron chi connectivity index (χ2n) is 8.12. The molecule has 0 aliphatic carbocycles. The number of ether oxygens (including phenoxy) is 2. The van der Waals surface area contributed by atoms with Crippen LogP contribution in [0.2, 0.25) is 0 Å². The molecule has 2 N–H and O–H groups in total. The van der Waals surface area contributed by atoms with Crippen molar-refractivity contribution in [1.82, 2.24) is 10.2 Å². The first-order chi connectivity index (χ1) is 15.2. The van der Waals surface area contributed by atoms with Crippen molar-refractivity contribution in [3.63, 3.8) is 0 Å². The number of nitrogens with one attached hydrogen (secondary N) is 1. The van der Waals surface area contributed by atoms with E-state index < -0.39 is 6.10 Å². The molecular weight excluding hydrogens is 408 g/mol. The van der Waals surface area contributed by atoms with Gasteiger partial charge in [-0.3, -0.25) is 0 Å². The number of aliphatic hydroxyl groups is 1. The highest BCUT2D eigenvalue weighted by Gasteiger charge is 2.26. The van der Waals surface area contributed by atoms with Crippen molar-refractivity contribution in [2.75, 3.05) is 38.6 Å². The molecule has 0 unspecified atom stereocenters. The van der Waals surface area contributed by atoms with E-state index in [4.69, 9.17) is 9.47 Å². The average molecular weight is 441 g/mol. The number of fused-ring (bicyclic) bond motifs is 1. The van der Waals surface area contributed by atoms with Gasteiger partial charge in [-0.25, -0.2) is 0 Å². The molecule has 4 rings (SSSR count). The van der Waals surface area contributed by atoms with Crippen molar-refractivity contribution in [3.8, 4) is 11.5 Å². The smallest absolute Gasteiger partial charge is 0.161 e. The molecular formula is C25H32N2O3S. The zero-order valence-corrected chi connectivity index (χ0v) is 18.8. The van der Waals surface area contributed by atoms with Gasteiger partial charge in [0.25, 0.3) is 0 Å². The third-order valence-electron chi connectivity index (χ3n) is 5.75. The van der Waals surface area contributed by atoms with E-state index >= 15 is 0 Å². The van der Waals surface area contributed by atoms with Gasteiger partial charge in [0.05, 0.1) is 6.04 Å². The number of allylic oxidation sites excluding steroid dienone is 1. The fraction of sp³-hybridized carbons (Fsp3) is 0.440. The van der Waals surface area contributed by atoms with Crippen molar-refractivity contribution >= 4 is 11.8 Å². The summed E-state index contributed by atoms with van der Waals surface area (Å²) in [4.78, 5) is 3.69. The van der Waals surface area contributed by atoms with Crippen molar-refractivity contribution in [3.05, 3.63) is 66.4 Å². The number of hydrogen-bond donors (Lipinski definition) is 2. The molecule has 0 amide bonds. The summed E-state index contributed by atoms with van der Waals surface area (Å²) >= 11 is 1.82. The molecule has 31 heavy (non-hydrogen) atoms. The van der Waals surface area contributed by atoms with E-state index in [-0.39, 0.29) is 6.04 Å². The monoisotopic (exact) mass is 440 g/mol. The maximum absolute atomic E-state index is 11.3. The number of hydrogen-bond acceptors (Lipinski definition) is 6. The summed E-state index contributed by atoms with van der Waals surface area (Å²) in [5.41, 5.74) is 1.80. The maximum atomic E-state index is 11.3. The Bertz CT molecular complexity index is 855. The number of rotatable bonds is 10. The zero-order valence-electron chi connectivity index (χ0n) is 18.0. The summed E-state index contributed by atoms with van der Waals surface area (Å²) in [6.45, 7) is 8.32. The van der Waals surface area contributed by atoms with E-state index in [1.807, 2.05) is 36.0 Å². The van der Waals surface area contributed by atoms with Crippen LogP contribution in [0, 0.1) is 0 Å². The van der Waals surface area contributed by atoms with Crippen LogP contribution >= 0.6 is 11.8 Å². The third-order valence-corrected chi connectivity index (χ3v) is 6.76. The van der Waals surface area contributed by atoms with E-state index in [0.717, 1.165) is 48.8 Å². The molecule has 0 bridgehead atoms. The van der Waals surface area contributed by atoms with Crippen LogP contribution in [-0.2, 0) is 0 Å². The lowest BCUT2D eigenvalue weighted by molar-refractivity contribution is 0.110. The molecule has 0 radical (unpaired) electrons. The predicted octanol–water partition coefficient (Wildman–Crippen LogP) is 4.24. The Hall–Kier alpha value is -2.15. The Morgan fingerprint density at radius 2 is 1.81 bits per heavy atom. The summed E-state index contributed by atoms with van der Waals surface area (Å²) in [6, 6.07) is 16.0. The van der Waals surface area contributed by atoms with Gasteiger partial charge in [-0.05, 0) is 62.2 Å². The molecule has 6 heteroatoms. The fourth-order valence-electron chi connectivity index (χ4n) is 4.09. The predicted molar refractivity (Wildman–Crippen MR) is 126 cm³/mol. The zero-order chi connectivity index (χ0) is 21.5. The summed E-state index contributed by atoms with van der Waals surface area (Å²) in [5, 5.41) is 14.8.